The number of hydrazone groups is 1. The van der Waals surface area contributed by atoms with Gasteiger partial charge in [0.05, 0.1) is 12.8 Å². The Morgan fingerprint density at radius 3 is 2.61 bits per heavy atom. The van der Waals surface area contributed by atoms with Gasteiger partial charge in [-0.3, -0.25) is 4.79 Å². The summed E-state index contributed by atoms with van der Waals surface area (Å²) in [5, 5.41) is 4.20. The van der Waals surface area contributed by atoms with E-state index in [0.29, 0.717) is 10.6 Å². The van der Waals surface area contributed by atoms with Crippen LogP contribution >= 0.6 is 11.3 Å². The highest BCUT2D eigenvalue weighted by Gasteiger charge is 2.16. The van der Waals surface area contributed by atoms with Crippen molar-refractivity contribution >= 4 is 28.6 Å². The lowest BCUT2D eigenvalue weighted by Crippen LogP contribution is -2.18. The van der Waals surface area contributed by atoms with E-state index in [1.807, 2.05) is 30.3 Å². The molecule has 23 heavy (non-hydrogen) atoms. The number of benzene rings is 1. The third kappa shape index (κ3) is 3.53. The number of methoxy groups -OCH3 is 1. The Labute approximate surface area is 139 Å². The molecule has 5 nitrogen and oxygen atoms in total. The molecule has 6 heteroatoms. The van der Waals surface area contributed by atoms with Crippen LogP contribution in [0.2, 0.25) is 0 Å². The van der Waals surface area contributed by atoms with Gasteiger partial charge in [-0.2, -0.15) is 5.10 Å². The molecular weight excluding hydrogens is 310 g/mol. The Bertz CT molecular complexity index is 727. The minimum Gasteiger partial charge on any atom is -0.497 e. The van der Waals surface area contributed by atoms with Gasteiger partial charge in [-0.15, -0.1) is 11.3 Å². The molecule has 0 radical (unpaired) electrons. The Kier molecular flexibility index (Phi) is 4.62. The third-order valence-corrected chi connectivity index (χ3v) is 5.04. The summed E-state index contributed by atoms with van der Waals surface area (Å²) < 4.78 is 5.15. The summed E-state index contributed by atoms with van der Waals surface area (Å²) in [6, 6.07) is 9.49. The standard InChI is InChI=1S/C17H19N3O2S/c1-22-13-8-6-11(7-9-13)15-10-14(18)16(23-15)17(21)20-19-12-4-2-3-5-12/h6-10H,2-5,18H2,1H3,(H,20,21). The smallest absolute Gasteiger partial charge is 0.283 e. The van der Waals surface area contributed by atoms with Crippen LogP contribution in [0.25, 0.3) is 10.4 Å². The molecular formula is C17H19N3O2S. The molecule has 120 valence electrons. The highest BCUT2D eigenvalue weighted by atomic mass is 32.1. The van der Waals surface area contributed by atoms with Gasteiger partial charge in [-0.05, 0) is 61.6 Å². The van der Waals surface area contributed by atoms with Crippen molar-refractivity contribution in [3.63, 3.8) is 0 Å². The zero-order valence-corrected chi connectivity index (χ0v) is 13.8. The Morgan fingerprint density at radius 2 is 1.96 bits per heavy atom. The first-order valence-corrected chi connectivity index (χ1v) is 8.38. The van der Waals surface area contributed by atoms with Crippen molar-refractivity contribution in [3.05, 3.63) is 35.2 Å². The van der Waals surface area contributed by atoms with E-state index in [1.165, 1.54) is 11.3 Å². The molecule has 3 rings (SSSR count). The van der Waals surface area contributed by atoms with Crippen molar-refractivity contribution in [3.8, 4) is 16.2 Å². The molecule has 2 aromatic rings. The fourth-order valence-electron chi connectivity index (χ4n) is 2.56. The largest absolute Gasteiger partial charge is 0.497 e. The summed E-state index contributed by atoms with van der Waals surface area (Å²) in [5.41, 5.74) is 11.2. The maximum absolute atomic E-state index is 12.3. The molecule has 1 amide bonds. The van der Waals surface area contributed by atoms with Crippen LogP contribution in [-0.2, 0) is 0 Å². The van der Waals surface area contributed by atoms with Gasteiger partial charge < -0.3 is 10.5 Å². The lowest BCUT2D eigenvalue weighted by atomic mass is 10.2. The number of nitrogens with zero attached hydrogens (tertiary/aromatic N) is 1. The van der Waals surface area contributed by atoms with Crippen molar-refractivity contribution in [2.75, 3.05) is 12.8 Å². The quantitative estimate of drug-likeness (QED) is 0.840. The van der Waals surface area contributed by atoms with Crippen LogP contribution in [0.3, 0.4) is 0 Å². The Morgan fingerprint density at radius 1 is 1.26 bits per heavy atom. The molecule has 1 heterocycles. The van der Waals surface area contributed by atoms with Crippen molar-refractivity contribution in [1.29, 1.82) is 0 Å². The van der Waals surface area contributed by atoms with Crippen LogP contribution in [-0.4, -0.2) is 18.7 Å². The van der Waals surface area contributed by atoms with Crippen molar-refractivity contribution in [2.45, 2.75) is 25.7 Å². The average Bonchev–Trinajstić information content (AvgIpc) is 3.22. The molecule has 1 saturated carbocycles. The van der Waals surface area contributed by atoms with Gasteiger partial charge in [-0.25, -0.2) is 5.43 Å². The van der Waals surface area contributed by atoms with E-state index in [1.54, 1.807) is 7.11 Å². The molecule has 0 saturated heterocycles. The molecule has 0 unspecified atom stereocenters. The monoisotopic (exact) mass is 329 g/mol. The van der Waals surface area contributed by atoms with Gasteiger partial charge in [0, 0.05) is 10.6 Å². The maximum Gasteiger partial charge on any atom is 0.283 e. The number of ether oxygens (including phenoxy) is 1. The van der Waals surface area contributed by atoms with Crippen LogP contribution in [0, 0.1) is 0 Å². The summed E-state index contributed by atoms with van der Waals surface area (Å²) in [4.78, 5) is 13.7. The summed E-state index contributed by atoms with van der Waals surface area (Å²) in [6.07, 6.45) is 4.24. The number of carbonyl (C=O) groups is 1. The zero-order valence-electron chi connectivity index (χ0n) is 13.0. The highest BCUT2D eigenvalue weighted by Crippen LogP contribution is 2.34. The number of hydrogen-bond donors (Lipinski definition) is 2. The van der Waals surface area contributed by atoms with E-state index in [2.05, 4.69) is 10.5 Å². The molecule has 0 bridgehead atoms. The zero-order chi connectivity index (χ0) is 16.2. The van der Waals surface area contributed by atoms with Crippen molar-refractivity contribution in [2.24, 2.45) is 5.10 Å². The van der Waals surface area contributed by atoms with Gasteiger partial charge in [0.1, 0.15) is 10.6 Å². The molecule has 1 aromatic carbocycles. The minimum atomic E-state index is -0.244. The summed E-state index contributed by atoms with van der Waals surface area (Å²) in [6.45, 7) is 0. The number of nitrogen functional groups attached to an aromatic ring is 1. The minimum absolute atomic E-state index is 0.244. The second kappa shape index (κ2) is 6.83. The van der Waals surface area contributed by atoms with Crippen molar-refractivity contribution < 1.29 is 9.53 Å². The number of thiophene rings is 1. The molecule has 1 aromatic heterocycles. The first-order chi connectivity index (χ1) is 11.2. The number of rotatable bonds is 4. The second-order valence-electron chi connectivity index (χ2n) is 5.45. The Balaban J connectivity index is 1.76. The van der Waals surface area contributed by atoms with Gasteiger partial charge in [0.15, 0.2) is 0 Å². The lowest BCUT2D eigenvalue weighted by Gasteiger charge is -2.01. The van der Waals surface area contributed by atoms with Crippen LogP contribution in [0.1, 0.15) is 35.4 Å². The predicted molar refractivity (Wildman–Crippen MR) is 94.1 cm³/mol. The maximum atomic E-state index is 12.3. The molecule has 0 spiro atoms. The Hall–Kier alpha value is -2.34. The fourth-order valence-corrected chi connectivity index (χ4v) is 3.53. The number of nitrogens with two attached hydrogens (primary N) is 1. The topological polar surface area (TPSA) is 76.7 Å². The normalized spacial score (nSPS) is 13.9. The molecule has 3 N–H and O–H groups in total. The first-order valence-electron chi connectivity index (χ1n) is 7.57. The second-order valence-corrected chi connectivity index (χ2v) is 6.50. The van der Waals surface area contributed by atoms with Crippen LogP contribution in [0.4, 0.5) is 5.69 Å². The fraction of sp³-hybridized carbons (Fsp3) is 0.294. The van der Waals surface area contributed by atoms with Gasteiger partial charge in [-0.1, -0.05) is 0 Å². The first kappa shape index (κ1) is 15.6. The molecule has 1 fully saturated rings. The van der Waals surface area contributed by atoms with E-state index < -0.39 is 0 Å². The van der Waals surface area contributed by atoms with E-state index in [4.69, 9.17) is 10.5 Å². The number of carbonyl (C=O) groups excluding carboxylic acids is 1. The van der Waals surface area contributed by atoms with E-state index in [9.17, 15) is 4.79 Å². The number of hydrogen-bond acceptors (Lipinski definition) is 5. The SMILES string of the molecule is COc1ccc(-c2cc(N)c(C(=O)NN=C3CCCC3)s2)cc1. The molecule has 0 aliphatic heterocycles. The lowest BCUT2D eigenvalue weighted by molar-refractivity contribution is 0.0959. The predicted octanol–water partition coefficient (Wildman–Crippen LogP) is 3.67. The van der Waals surface area contributed by atoms with Crippen molar-refractivity contribution in [1.82, 2.24) is 5.43 Å². The molecule has 0 atom stereocenters. The third-order valence-electron chi connectivity index (χ3n) is 3.84. The summed E-state index contributed by atoms with van der Waals surface area (Å²) in [5.74, 6) is 0.551. The van der Waals surface area contributed by atoms with Gasteiger partial charge in [0.2, 0.25) is 0 Å². The van der Waals surface area contributed by atoms with E-state index >= 15 is 0 Å². The van der Waals surface area contributed by atoms with Gasteiger partial charge in [0.25, 0.3) is 5.91 Å². The van der Waals surface area contributed by atoms with E-state index in [0.717, 1.165) is 47.6 Å². The van der Waals surface area contributed by atoms with E-state index in [-0.39, 0.29) is 5.91 Å². The number of nitrogens with one attached hydrogen (secondary N) is 1. The molecule has 1 aliphatic carbocycles. The van der Waals surface area contributed by atoms with Crippen LogP contribution in [0.15, 0.2) is 35.4 Å². The average molecular weight is 329 g/mol. The van der Waals surface area contributed by atoms with Crippen LogP contribution in [0.5, 0.6) is 5.75 Å². The number of amides is 1. The summed E-state index contributed by atoms with van der Waals surface area (Å²) >= 11 is 1.37. The van der Waals surface area contributed by atoms with Crippen LogP contribution < -0.4 is 15.9 Å². The van der Waals surface area contributed by atoms with Gasteiger partial charge >= 0.3 is 0 Å². The highest BCUT2D eigenvalue weighted by molar-refractivity contribution is 7.18. The number of anilines is 1. The molecule has 1 aliphatic rings. The summed E-state index contributed by atoms with van der Waals surface area (Å²) in [7, 11) is 1.63.